The number of carbonyl (C=O) groups excluding carboxylic acids is 2. The van der Waals surface area contributed by atoms with Crippen LogP contribution in [0, 0.1) is 6.92 Å². The summed E-state index contributed by atoms with van der Waals surface area (Å²) < 4.78 is 7.55. The second-order valence-electron chi connectivity index (χ2n) is 6.03. The van der Waals surface area contributed by atoms with Gasteiger partial charge >= 0.3 is 0 Å². The first-order valence-electron chi connectivity index (χ1n) is 8.45. The number of nitrogens with one attached hydrogen (secondary N) is 2. The van der Waals surface area contributed by atoms with Crippen LogP contribution in [0.15, 0.2) is 57.9 Å². The molecule has 2 heterocycles. The Morgan fingerprint density at radius 2 is 2.07 bits per heavy atom. The second kappa shape index (κ2) is 8.68. The third-order valence-corrected chi connectivity index (χ3v) is 4.22. The van der Waals surface area contributed by atoms with Crippen molar-refractivity contribution in [2.24, 2.45) is 0 Å². The van der Waals surface area contributed by atoms with Crippen molar-refractivity contribution in [2.75, 3.05) is 11.9 Å². The summed E-state index contributed by atoms with van der Waals surface area (Å²) in [5.41, 5.74) is 2.11. The molecule has 8 heteroatoms. The first-order chi connectivity index (χ1) is 13.0. The molecule has 0 unspecified atom stereocenters. The SMILES string of the molecule is Cc1cnn(CCCNC(=O)c2cccc(NC(=O)c3ccc(Br)o3)c2)c1. The highest BCUT2D eigenvalue weighted by molar-refractivity contribution is 9.10. The van der Waals surface area contributed by atoms with E-state index in [2.05, 4.69) is 31.7 Å². The van der Waals surface area contributed by atoms with Gasteiger partial charge in [0.25, 0.3) is 11.8 Å². The Balaban J connectivity index is 1.51. The molecule has 140 valence electrons. The zero-order valence-electron chi connectivity index (χ0n) is 14.7. The van der Waals surface area contributed by atoms with Gasteiger partial charge in [0, 0.05) is 30.5 Å². The van der Waals surface area contributed by atoms with Gasteiger partial charge < -0.3 is 15.1 Å². The molecule has 0 aliphatic heterocycles. The van der Waals surface area contributed by atoms with Gasteiger partial charge in [0.15, 0.2) is 10.4 Å². The molecule has 1 aromatic carbocycles. The Kier molecular flexibility index (Phi) is 6.08. The van der Waals surface area contributed by atoms with Crippen LogP contribution in [-0.4, -0.2) is 28.1 Å². The van der Waals surface area contributed by atoms with E-state index in [-0.39, 0.29) is 17.6 Å². The zero-order chi connectivity index (χ0) is 19.2. The van der Waals surface area contributed by atoms with E-state index >= 15 is 0 Å². The van der Waals surface area contributed by atoms with Gasteiger partial charge in [-0.15, -0.1) is 0 Å². The Morgan fingerprint density at radius 3 is 2.78 bits per heavy atom. The predicted molar refractivity (Wildman–Crippen MR) is 105 cm³/mol. The van der Waals surface area contributed by atoms with Crippen LogP contribution in [0.1, 0.15) is 32.9 Å². The van der Waals surface area contributed by atoms with E-state index in [1.165, 1.54) is 0 Å². The molecule has 0 fully saturated rings. The number of aryl methyl sites for hydroxylation is 2. The number of benzene rings is 1. The fourth-order valence-electron chi connectivity index (χ4n) is 2.50. The van der Waals surface area contributed by atoms with Crippen LogP contribution in [0.3, 0.4) is 0 Å². The minimum Gasteiger partial charge on any atom is -0.444 e. The van der Waals surface area contributed by atoms with E-state index in [0.717, 1.165) is 18.5 Å². The lowest BCUT2D eigenvalue weighted by molar-refractivity contribution is 0.0950. The van der Waals surface area contributed by atoms with Crippen molar-refractivity contribution >= 4 is 33.4 Å². The minimum atomic E-state index is -0.382. The summed E-state index contributed by atoms with van der Waals surface area (Å²) >= 11 is 3.16. The van der Waals surface area contributed by atoms with Gasteiger partial charge in [-0.2, -0.15) is 5.10 Å². The fraction of sp³-hybridized carbons (Fsp3) is 0.211. The highest BCUT2D eigenvalue weighted by atomic mass is 79.9. The van der Waals surface area contributed by atoms with E-state index in [1.807, 2.05) is 17.8 Å². The summed E-state index contributed by atoms with van der Waals surface area (Å²) in [7, 11) is 0. The third-order valence-electron chi connectivity index (χ3n) is 3.79. The molecule has 2 amide bonds. The highest BCUT2D eigenvalue weighted by Crippen LogP contribution is 2.17. The number of nitrogens with zero attached hydrogens (tertiary/aromatic N) is 2. The first kappa shape index (κ1) is 18.9. The van der Waals surface area contributed by atoms with E-state index in [0.29, 0.717) is 22.5 Å². The molecule has 7 nitrogen and oxygen atoms in total. The third kappa shape index (κ3) is 5.30. The summed E-state index contributed by atoms with van der Waals surface area (Å²) in [5, 5.41) is 9.80. The van der Waals surface area contributed by atoms with Crippen molar-refractivity contribution in [1.82, 2.24) is 15.1 Å². The average Bonchev–Trinajstić information content (AvgIpc) is 3.27. The van der Waals surface area contributed by atoms with Crippen LogP contribution in [0.25, 0.3) is 0 Å². The maximum absolute atomic E-state index is 12.3. The number of hydrogen-bond acceptors (Lipinski definition) is 4. The first-order valence-corrected chi connectivity index (χ1v) is 9.24. The molecule has 3 aromatic rings. The largest absolute Gasteiger partial charge is 0.444 e. The number of amides is 2. The van der Waals surface area contributed by atoms with Crippen molar-refractivity contribution in [3.8, 4) is 0 Å². The van der Waals surface area contributed by atoms with Crippen LogP contribution in [0.5, 0.6) is 0 Å². The van der Waals surface area contributed by atoms with Crippen LogP contribution in [0.4, 0.5) is 5.69 Å². The van der Waals surface area contributed by atoms with Crippen molar-refractivity contribution in [3.63, 3.8) is 0 Å². The molecule has 0 saturated carbocycles. The molecule has 0 atom stereocenters. The monoisotopic (exact) mass is 430 g/mol. The summed E-state index contributed by atoms with van der Waals surface area (Å²) in [6.45, 7) is 3.26. The van der Waals surface area contributed by atoms with Gasteiger partial charge in [-0.3, -0.25) is 14.3 Å². The lowest BCUT2D eigenvalue weighted by Crippen LogP contribution is -2.25. The predicted octanol–water partition coefficient (Wildman–Crippen LogP) is 3.62. The molecule has 0 saturated heterocycles. The van der Waals surface area contributed by atoms with Crippen molar-refractivity contribution in [2.45, 2.75) is 19.9 Å². The number of rotatable bonds is 7. The summed E-state index contributed by atoms with van der Waals surface area (Å²) in [4.78, 5) is 24.4. The molecular weight excluding hydrogens is 412 g/mol. The molecule has 0 radical (unpaired) electrons. The quantitative estimate of drug-likeness (QED) is 0.560. The molecule has 0 aliphatic rings. The zero-order valence-corrected chi connectivity index (χ0v) is 16.3. The Bertz CT molecular complexity index is 948. The molecule has 27 heavy (non-hydrogen) atoms. The lowest BCUT2D eigenvalue weighted by Gasteiger charge is -2.08. The van der Waals surface area contributed by atoms with Crippen LogP contribution < -0.4 is 10.6 Å². The summed E-state index contributed by atoms with van der Waals surface area (Å²) in [5.74, 6) is -0.387. The van der Waals surface area contributed by atoms with Gasteiger partial charge in [-0.25, -0.2) is 0 Å². The van der Waals surface area contributed by atoms with E-state index in [4.69, 9.17) is 4.42 Å². The van der Waals surface area contributed by atoms with Gasteiger partial charge in [0.05, 0.1) is 6.20 Å². The average molecular weight is 431 g/mol. The van der Waals surface area contributed by atoms with Gasteiger partial charge in [0.1, 0.15) is 0 Å². The van der Waals surface area contributed by atoms with Crippen LogP contribution in [0.2, 0.25) is 0 Å². The Labute approximate surface area is 164 Å². The number of anilines is 1. The standard InChI is InChI=1S/C19H19BrN4O3/c1-13-11-22-24(12-13)9-3-8-21-18(25)14-4-2-5-15(10-14)23-19(26)16-6-7-17(20)27-16/h2,4-7,10-12H,3,8-9H2,1H3,(H,21,25)(H,23,26). The molecule has 0 bridgehead atoms. The topological polar surface area (TPSA) is 89.2 Å². The van der Waals surface area contributed by atoms with E-state index in [9.17, 15) is 9.59 Å². The van der Waals surface area contributed by atoms with Crippen molar-refractivity contribution in [1.29, 1.82) is 0 Å². The number of aromatic nitrogens is 2. The summed E-state index contributed by atoms with van der Waals surface area (Å²) in [6.07, 6.45) is 4.54. The molecule has 0 aliphatic carbocycles. The number of carbonyl (C=O) groups is 2. The van der Waals surface area contributed by atoms with Crippen molar-refractivity contribution < 1.29 is 14.0 Å². The molecule has 0 spiro atoms. The Hall–Kier alpha value is -2.87. The van der Waals surface area contributed by atoms with Gasteiger partial charge in [0.2, 0.25) is 0 Å². The maximum atomic E-state index is 12.3. The summed E-state index contributed by atoms with van der Waals surface area (Å²) in [6, 6.07) is 9.97. The number of furan rings is 1. The molecule has 3 rings (SSSR count). The van der Waals surface area contributed by atoms with E-state index < -0.39 is 0 Å². The number of hydrogen-bond donors (Lipinski definition) is 2. The fourth-order valence-corrected chi connectivity index (χ4v) is 2.81. The molecular formula is C19H19BrN4O3. The molecule has 2 aromatic heterocycles. The normalized spacial score (nSPS) is 10.6. The van der Waals surface area contributed by atoms with Crippen LogP contribution >= 0.6 is 15.9 Å². The highest BCUT2D eigenvalue weighted by Gasteiger charge is 2.12. The lowest BCUT2D eigenvalue weighted by atomic mass is 10.2. The van der Waals surface area contributed by atoms with E-state index in [1.54, 1.807) is 42.6 Å². The van der Waals surface area contributed by atoms with Gasteiger partial charge in [-0.1, -0.05) is 6.07 Å². The minimum absolute atomic E-state index is 0.186. The smallest absolute Gasteiger partial charge is 0.291 e. The van der Waals surface area contributed by atoms with Crippen LogP contribution in [-0.2, 0) is 6.54 Å². The Morgan fingerprint density at radius 1 is 1.22 bits per heavy atom. The van der Waals surface area contributed by atoms with Gasteiger partial charge in [-0.05, 0) is 65.2 Å². The maximum Gasteiger partial charge on any atom is 0.291 e. The number of halogens is 1. The van der Waals surface area contributed by atoms with Crippen molar-refractivity contribution in [3.05, 3.63) is 70.3 Å². The molecule has 2 N–H and O–H groups in total. The second-order valence-corrected chi connectivity index (χ2v) is 6.81.